The van der Waals surface area contributed by atoms with Gasteiger partial charge in [-0.3, -0.25) is 10.1 Å². The highest BCUT2D eigenvalue weighted by atomic mass is 35.5. The third-order valence-corrected chi connectivity index (χ3v) is 4.62. The molecule has 3 rings (SSSR count). The van der Waals surface area contributed by atoms with Crippen molar-refractivity contribution in [2.45, 2.75) is 6.42 Å². The van der Waals surface area contributed by atoms with Crippen molar-refractivity contribution in [3.8, 4) is 5.75 Å². The van der Waals surface area contributed by atoms with Crippen molar-refractivity contribution in [2.24, 2.45) is 0 Å². The fraction of sp³-hybridized carbons (Fsp3) is 0.105. The minimum absolute atomic E-state index is 0.0498. The largest absolute Gasteiger partial charge is 0.495 e. The summed E-state index contributed by atoms with van der Waals surface area (Å²) in [4.78, 5) is 28.5. The Morgan fingerprint density at radius 2 is 1.89 bits per heavy atom. The van der Waals surface area contributed by atoms with E-state index in [1.165, 1.54) is 18.4 Å². The van der Waals surface area contributed by atoms with Crippen molar-refractivity contribution in [3.05, 3.63) is 64.6 Å². The number of carbonyl (C=O) groups excluding carboxylic acids is 2. The Bertz CT molecular complexity index is 978. The lowest BCUT2D eigenvalue weighted by atomic mass is 10.2. The number of aromatic nitrogens is 1. The number of para-hydroxylation sites is 1. The van der Waals surface area contributed by atoms with Gasteiger partial charge < -0.3 is 15.4 Å². The van der Waals surface area contributed by atoms with Crippen LogP contribution in [-0.4, -0.2) is 24.0 Å². The van der Waals surface area contributed by atoms with E-state index in [9.17, 15) is 9.59 Å². The second kappa shape index (κ2) is 9.20. The average molecular weight is 417 g/mol. The van der Waals surface area contributed by atoms with Crippen molar-refractivity contribution in [1.82, 2.24) is 4.98 Å². The van der Waals surface area contributed by atoms with Crippen LogP contribution in [0.5, 0.6) is 5.75 Å². The quantitative estimate of drug-likeness (QED) is 0.546. The van der Waals surface area contributed by atoms with E-state index < -0.39 is 6.03 Å². The molecule has 7 nitrogen and oxygen atoms in total. The Hall–Kier alpha value is -3.10. The summed E-state index contributed by atoms with van der Waals surface area (Å²) >= 11 is 7.20. The molecule has 2 aromatic carbocycles. The summed E-state index contributed by atoms with van der Waals surface area (Å²) in [6.07, 6.45) is 0.0498. The van der Waals surface area contributed by atoms with Gasteiger partial charge in [0.1, 0.15) is 5.75 Å². The number of methoxy groups -OCH3 is 1. The van der Waals surface area contributed by atoms with Gasteiger partial charge in [0.05, 0.1) is 24.9 Å². The van der Waals surface area contributed by atoms with E-state index in [2.05, 4.69) is 20.9 Å². The number of thiazole rings is 1. The van der Waals surface area contributed by atoms with Gasteiger partial charge in [0.2, 0.25) is 5.91 Å². The van der Waals surface area contributed by atoms with Gasteiger partial charge in [-0.2, -0.15) is 0 Å². The van der Waals surface area contributed by atoms with Crippen molar-refractivity contribution in [1.29, 1.82) is 0 Å². The summed E-state index contributed by atoms with van der Waals surface area (Å²) in [5.74, 6) is 0.238. The number of benzene rings is 2. The Kier molecular flexibility index (Phi) is 6.46. The first kappa shape index (κ1) is 19.7. The van der Waals surface area contributed by atoms with Crippen LogP contribution < -0.4 is 20.7 Å². The molecule has 3 N–H and O–H groups in total. The standard InChI is InChI=1S/C19H17ClN4O3S/c1-27-16-8-7-12(20)9-15(16)23-17(25)10-14-11-28-19(22-14)24-18(26)21-13-5-3-2-4-6-13/h2-9,11H,10H2,1H3,(H,23,25)(H2,21,22,24,26). The van der Waals surface area contributed by atoms with Crippen LogP contribution in [0.3, 0.4) is 0 Å². The molecular formula is C19H17ClN4O3S. The summed E-state index contributed by atoms with van der Waals surface area (Å²) in [5.41, 5.74) is 1.70. The zero-order chi connectivity index (χ0) is 19.9. The summed E-state index contributed by atoms with van der Waals surface area (Å²) < 4.78 is 5.21. The molecule has 0 bridgehead atoms. The van der Waals surface area contributed by atoms with E-state index in [-0.39, 0.29) is 12.3 Å². The van der Waals surface area contributed by atoms with Gasteiger partial charge in [-0.15, -0.1) is 11.3 Å². The molecule has 0 radical (unpaired) electrons. The first-order valence-corrected chi connectivity index (χ1v) is 9.50. The highest BCUT2D eigenvalue weighted by Crippen LogP contribution is 2.28. The highest BCUT2D eigenvalue weighted by Gasteiger charge is 2.12. The number of amides is 3. The van der Waals surface area contributed by atoms with Gasteiger partial charge in [-0.1, -0.05) is 29.8 Å². The minimum Gasteiger partial charge on any atom is -0.495 e. The normalized spacial score (nSPS) is 10.2. The second-order valence-electron chi connectivity index (χ2n) is 5.66. The molecule has 1 heterocycles. The predicted octanol–water partition coefficient (Wildman–Crippen LogP) is 4.63. The molecule has 0 saturated heterocycles. The fourth-order valence-corrected chi connectivity index (χ4v) is 3.24. The van der Waals surface area contributed by atoms with E-state index in [0.717, 1.165) is 0 Å². The number of anilines is 3. The molecule has 28 heavy (non-hydrogen) atoms. The Morgan fingerprint density at radius 1 is 1.11 bits per heavy atom. The fourth-order valence-electron chi connectivity index (χ4n) is 2.36. The number of hydrogen-bond donors (Lipinski definition) is 3. The van der Waals surface area contributed by atoms with Crippen molar-refractivity contribution in [3.63, 3.8) is 0 Å². The maximum atomic E-state index is 12.3. The molecule has 0 aliphatic rings. The van der Waals surface area contributed by atoms with Gasteiger partial charge in [-0.25, -0.2) is 9.78 Å². The molecule has 0 aliphatic carbocycles. The van der Waals surface area contributed by atoms with Crippen LogP contribution in [0, 0.1) is 0 Å². The monoisotopic (exact) mass is 416 g/mol. The minimum atomic E-state index is -0.403. The van der Waals surface area contributed by atoms with E-state index in [4.69, 9.17) is 16.3 Å². The Morgan fingerprint density at radius 3 is 2.64 bits per heavy atom. The molecule has 1 aromatic heterocycles. The van der Waals surface area contributed by atoms with E-state index in [1.807, 2.05) is 18.2 Å². The number of urea groups is 1. The molecule has 0 atom stereocenters. The van der Waals surface area contributed by atoms with Crippen LogP contribution in [0.15, 0.2) is 53.9 Å². The molecule has 0 saturated carbocycles. The van der Waals surface area contributed by atoms with Crippen LogP contribution in [-0.2, 0) is 11.2 Å². The number of ether oxygens (including phenoxy) is 1. The second-order valence-corrected chi connectivity index (χ2v) is 6.95. The first-order valence-electron chi connectivity index (χ1n) is 8.24. The van der Waals surface area contributed by atoms with E-state index in [1.54, 1.807) is 35.7 Å². The Labute approximate surface area is 170 Å². The van der Waals surface area contributed by atoms with Gasteiger partial charge in [-0.05, 0) is 30.3 Å². The summed E-state index contributed by atoms with van der Waals surface area (Å²) in [7, 11) is 1.51. The van der Waals surface area contributed by atoms with E-state index in [0.29, 0.717) is 33.0 Å². The molecule has 144 valence electrons. The third kappa shape index (κ3) is 5.45. The Balaban J connectivity index is 1.56. The molecule has 0 fully saturated rings. The molecular weight excluding hydrogens is 400 g/mol. The smallest absolute Gasteiger partial charge is 0.325 e. The maximum Gasteiger partial charge on any atom is 0.325 e. The zero-order valence-corrected chi connectivity index (χ0v) is 16.4. The van der Waals surface area contributed by atoms with Crippen LogP contribution in [0.1, 0.15) is 5.69 Å². The van der Waals surface area contributed by atoms with Crippen molar-refractivity contribution < 1.29 is 14.3 Å². The number of nitrogens with one attached hydrogen (secondary N) is 3. The first-order chi connectivity index (χ1) is 13.5. The molecule has 0 unspecified atom stereocenters. The van der Waals surface area contributed by atoms with Gasteiger partial charge in [0.25, 0.3) is 0 Å². The molecule has 3 amide bonds. The number of rotatable bonds is 6. The summed E-state index contributed by atoms with van der Waals surface area (Å²) in [6, 6.07) is 13.6. The number of hydrogen-bond acceptors (Lipinski definition) is 5. The highest BCUT2D eigenvalue weighted by molar-refractivity contribution is 7.14. The van der Waals surface area contributed by atoms with Crippen LogP contribution >= 0.6 is 22.9 Å². The SMILES string of the molecule is COc1ccc(Cl)cc1NC(=O)Cc1csc(NC(=O)Nc2ccccc2)n1. The lowest BCUT2D eigenvalue weighted by Gasteiger charge is -2.10. The third-order valence-electron chi connectivity index (χ3n) is 3.58. The van der Waals surface area contributed by atoms with Crippen molar-refractivity contribution >= 4 is 51.4 Å². The van der Waals surface area contributed by atoms with Gasteiger partial charge >= 0.3 is 6.03 Å². The average Bonchev–Trinajstić information content (AvgIpc) is 3.09. The lowest BCUT2D eigenvalue weighted by molar-refractivity contribution is -0.115. The molecule has 0 spiro atoms. The molecule has 9 heteroatoms. The van der Waals surface area contributed by atoms with Gasteiger partial charge in [0, 0.05) is 16.1 Å². The summed E-state index contributed by atoms with van der Waals surface area (Å²) in [6.45, 7) is 0. The van der Waals surface area contributed by atoms with Crippen LogP contribution in [0.4, 0.5) is 21.3 Å². The van der Waals surface area contributed by atoms with Crippen LogP contribution in [0.25, 0.3) is 0 Å². The molecule has 0 aliphatic heterocycles. The number of halogens is 1. The van der Waals surface area contributed by atoms with Crippen LogP contribution in [0.2, 0.25) is 5.02 Å². The van der Waals surface area contributed by atoms with E-state index >= 15 is 0 Å². The number of nitrogens with zero attached hydrogens (tertiary/aromatic N) is 1. The topological polar surface area (TPSA) is 92.4 Å². The zero-order valence-electron chi connectivity index (χ0n) is 14.9. The summed E-state index contributed by atoms with van der Waals surface area (Å²) in [5, 5.41) is 10.7. The van der Waals surface area contributed by atoms with Crippen molar-refractivity contribution in [2.75, 3.05) is 23.1 Å². The molecule has 3 aromatic rings. The maximum absolute atomic E-state index is 12.3. The number of carbonyl (C=O) groups is 2. The van der Waals surface area contributed by atoms with Gasteiger partial charge in [0.15, 0.2) is 5.13 Å². The predicted molar refractivity (Wildman–Crippen MR) is 112 cm³/mol. The lowest BCUT2D eigenvalue weighted by Crippen LogP contribution is -2.19.